The maximum absolute atomic E-state index is 13.0. The van der Waals surface area contributed by atoms with Crippen LogP contribution < -0.4 is 10.2 Å². The predicted octanol–water partition coefficient (Wildman–Crippen LogP) is 5.68. The smallest absolute Gasteiger partial charge is 0.270 e. The Morgan fingerprint density at radius 1 is 1.06 bits per heavy atom. The van der Waals surface area contributed by atoms with Crippen molar-refractivity contribution in [3.05, 3.63) is 100.0 Å². The lowest BCUT2D eigenvalue weighted by Gasteiger charge is -2.34. The highest BCUT2D eigenvalue weighted by Crippen LogP contribution is 2.30. The summed E-state index contributed by atoms with van der Waals surface area (Å²) in [6.45, 7) is 4.42. The minimum Gasteiger partial charge on any atom is -0.371 e. The Labute approximate surface area is 215 Å². The number of piperidine rings is 1. The van der Waals surface area contributed by atoms with E-state index in [-0.39, 0.29) is 5.91 Å². The number of rotatable bonds is 7. The van der Waals surface area contributed by atoms with Crippen molar-refractivity contribution in [2.24, 2.45) is 0 Å². The van der Waals surface area contributed by atoms with Gasteiger partial charge in [-0.1, -0.05) is 54.9 Å². The Hall–Kier alpha value is -3.64. The Kier molecular flexibility index (Phi) is 7.05. The molecule has 2 aromatic heterocycles. The van der Waals surface area contributed by atoms with Crippen molar-refractivity contribution < 1.29 is 9.59 Å². The molecule has 5 rings (SSSR count). The fourth-order valence-corrected chi connectivity index (χ4v) is 5.12. The molecule has 2 aromatic carbocycles. The van der Waals surface area contributed by atoms with E-state index in [1.807, 2.05) is 25.1 Å². The Morgan fingerprint density at radius 2 is 1.78 bits per heavy atom. The van der Waals surface area contributed by atoms with Crippen LogP contribution in [0.2, 0.25) is 5.02 Å². The minimum absolute atomic E-state index is 0.158. The quantitative estimate of drug-likeness (QED) is 0.332. The first kappa shape index (κ1) is 24.1. The zero-order valence-electron chi connectivity index (χ0n) is 20.3. The van der Waals surface area contributed by atoms with E-state index in [0.717, 1.165) is 49.0 Å². The van der Waals surface area contributed by atoms with Gasteiger partial charge in [-0.15, -0.1) is 0 Å². The molecule has 7 heteroatoms. The SMILES string of the molecule is CCc1nc2ccc(Cl)cn2c1C(=O)NCc1ccc(N2CCC(c3ccc(C=O)cc3)CC2)cc1. The van der Waals surface area contributed by atoms with Crippen molar-refractivity contribution >= 4 is 35.1 Å². The van der Waals surface area contributed by atoms with Crippen molar-refractivity contribution in [1.82, 2.24) is 14.7 Å². The highest BCUT2D eigenvalue weighted by Gasteiger charge is 2.21. The maximum Gasteiger partial charge on any atom is 0.270 e. The van der Waals surface area contributed by atoms with Crippen LogP contribution in [0.15, 0.2) is 66.9 Å². The van der Waals surface area contributed by atoms with Crippen molar-refractivity contribution in [3.63, 3.8) is 0 Å². The van der Waals surface area contributed by atoms with Crippen LogP contribution in [0, 0.1) is 0 Å². The highest BCUT2D eigenvalue weighted by molar-refractivity contribution is 6.30. The lowest BCUT2D eigenvalue weighted by molar-refractivity contribution is 0.0943. The molecule has 1 fully saturated rings. The van der Waals surface area contributed by atoms with E-state index in [1.165, 1.54) is 11.3 Å². The van der Waals surface area contributed by atoms with Crippen molar-refractivity contribution in [3.8, 4) is 0 Å². The van der Waals surface area contributed by atoms with Crippen LogP contribution in [-0.4, -0.2) is 34.7 Å². The number of hydrogen-bond donors (Lipinski definition) is 1. The second-order valence-electron chi connectivity index (χ2n) is 9.23. The van der Waals surface area contributed by atoms with Gasteiger partial charge in [-0.25, -0.2) is 4.98 Å². The molecular weight excluding hydrogens is 472 g/mol. The Bertz CT molecular complexity index is 1370. The van der Waals surface area contributed by atoms with Crippen LogP contribution in [0.3, 0.4) is 0 Å². The molecule has 0 bridgehead atoms. The largest absolute Gasteiger partial charge is 0.371 e. The number of carbonyl (C=O) groups excluding carboxylic acids is 2. The minimum atomic E-state index is -0.158. The van der Waals surface area contributed by atoms with Crippen LogP contribution in [0.5, 0.6) is 0 Å². The first-order chi connectivity index (χ1) is 17.6. The predicted molar refractivity (Wildman–Crippen MR) is 143 cm³/mol. The summed E-state index contributed by atoms with van der Waals surface area (Å²) in [7, 11) is 0. The third-order valence-electron chi connectivity index (χ3n) is 7.00. The van der Waals surface area contributed by atoms with Crippen LogP contribution in [0.4, 0.5) is 5.69 Å². The van der Waals surface area contributed by atoms with Gasteiger partial charge in [0.25, 0.3) is 5.91 Å². The fourth-order valence-electron chi connectivity index (χ4n) is 4.96. The van der Waals surface area contributed by atoms with E-state index in [1.54, 1.807) is 16.7 Å². The molecule has 1 aliphatic rings. The van der Waals surface area contributed by atoms with Gasteiger partial charge in [0.15, 0.2) is 0 Å². The number of imidazole rings is 1. The molecule has 3 heterocycles. The molecule has 36 heavy (non-hydrogen) atoms. The number of amides is 1. The van der Waals surface area contributed by atoms with Gasteiger partial charge in [-0.05, 0) is 60.6 Å². The van der Waals surface area contributed by atoms with E-state index in [2.05, 4.69) is 51.6 Å². The van der Waals surface area contributed by atoms with E-state index in [4.69, 9.17) is 11.6 Å². The maximum atomic E-state index is 13.0. The van der Waals surface area contributed by atoms with Crippen molar-refractivity contribution in [2.45, 2.75) is 38.6 Å². The molecule has 6 nitrogen and oxygen atoms in total. The molecule has 1 N–H and O–H groups in total. The van der Waals surface area contributed by atoms with Crippen molar-refractivity contribution in [2.75, 3.05) is 18.0 Å². The summed E-state index contributed by atoms with van der Waals surface area (Å²) in [5.74, 6) is 0.368. The molecule has 4 aromatic rings. The zero-order valence-corrected chi connectivity index (χ0v) is 21.0. The number of aryl methyl sites for hydroxylation is 1. The van der Waals surface area contributed by atoms with E-state index in [0.29, 0.717) is 35.2 Å². The number of nitrogens with zero attached hydrogens (tertiary/aromatic N) is 3. The number of carbonyl (C=O) groups is 2. The average Bonchev–Trinajstić information content (AvgIpc) is 3.30. The van der Waals surface area contributed by atoms with Gasteiger partial charge < -0.3 is 10.2 Å². The average molecular weight is 501 g/mol. The summed E-state index contributed by atoms with van der Waals surface area (Å²) in [5, 5.41) is 3.60. The molecule has 0 radical (unpaired) electrons. The van der Waals surface area contributed by atoms with Gasteiger partial charge in [-0.3, -0.25) is 14.0 Å². The molecule has 0 atom stereocenters. The highest BCUT2D eigenvalue weighted by atomic mass is 35.5. The Balaban J connectivity index is 1.19. The molecule has 0 aliphatic carbocycles. The number of pyridine rings is 1. The van der Waals surface area contributed by atoms with Crippen LogP contribution in [-0.2, 0) is 13.0 Å². The third kappa shape index (κ3) is 5.00. The van der Waals surface area contributed by atoms with Crippen LogP contribution in [0.1, 0.15) is 63.4 Å². The van der Waals surface area contributed by atoms with Gasteiger partial charge in [0.2, 0.25) is 0 Å². The molecule has 1 aliphatic heterocycles. The van der Waals surface area contributed by atoms with Crippen LogP contribution >= 0.6 is 11.6 Å². The molecule has 0 spiro atoms. The second kappa shape index (κ2) is 10.5. The van der Waals surface area contributed by atoms with Gasteiger partial charge in [0, 0.05) is 37.1 Å². The normalized spacial score (nSPS) is 14.2. The number of anilines is 1. The lowest BCUT2D eigenvalue weighted by Crippen LogP contribution is -2.32. The third-order valence-corrected chi connectivity index (χ3v) is 7.22. The van der Waals surface area contributed by atoms with Gasteiger partial charge >= 0.3 is 0 Å². The number of aldehydes is 1. The second-order valence-corrected chi connectivity index (χ2v) is 9.67. The topological polar surface area (TPSA) is 66.7 Å². The summed E-state index contributed by atoms with van der Waals surface area (Å²) in [5.41, 5.74) is 6.29. The van der Waals surface area contributed by atoms with Crippen molar-refractivity contribution in [1.29, 1.82) is 0 Å². The summed E-state index contributed by atoms with van der Waals surface area (Å²) < 4.78 is 1.76. The standard InChI is InChI=1S/C29H29ClN4O2/c1-2-26-28(34-18-24(30)9-12-27(34)32-26)29(36)31-17-20-5-10-25(11-6-20)33-15-13-23(14-16-33)22-7-3-21(19-35)4-8-22/h3-12,18-19,23H,2,13-17H2,1H3,(H,31,36). The fraction of sp³-hybridized carbons (Fsp3) is 0.276. The number of benzene rings is 2. The lowest BCUT2D eigenvalue weighted by atomic mass is 9.89. The monoisotopic (exact) mass is 500 g/mol. The zero-order chi connectivity index (χ0) is 25.1. The molecule has 0 unspecified atom stereocenters. The van der Waals surface area contributed by atoms with E-state index in [9.17, 15) is 9.59 Å². The van der Waals surface area contributed by atoms with E-state index < -0.39 is 0 Å². The van der Waals surface area contributed by atoms with Gasteiger partial charge in [0.1, 0.15) is 17.6 Å². The van der Waals surface area contributed by atoms with Gasteiger partial charge in [-0.2, -0.15) is 0 Å². The number of nitrogens with one attached hydrogen (secondary N) is 1. The number of aromatic nitrogens is 2. The Morgan fingerprint density at radius 3 is 2.44 bits per heavy atom. The molecule has 184 valence electrons. The summed E-state index contributed by atoms with van der Waals surface area (Å²) in [4.78, 5) is 30.9. The molecule has 1 amide bonds. The number of halogens is 1. The number of hydrogen-bond acceptors (Lipinski definition) is 4. The first-order valence-electron chi connectivity index (χ1n) is 12.4. The van der Waals surface area contributed by atoms with Crippen LogP contribution in [0.25, 0.3) is 5.65 Å². The van der Waals surface area contributed by atoms with Gasteiger partial charge in [0.05, 0.1) is 10.7 Å². The summed E-state index contributed by atoms with van der Waals surface area (Å²) in [6, 6.07) is 20.0. The van der Waals surface area contributed by atoms with E-state index >= 15 is 0 Å². The first-order valence-corrected chi connectivity index (χ1v) is 12.8. The molecular formula is C29H29ClN4O2. The summed E-state index contributed by atoms with van der Waals surface area (Å²) in [6.07, 6.45) is 5.45. The molecule has 1 saturated heterocycles. The summed E-state index contributed by atoms with van der Waals surface area (Å²) >= 11 is 6.15. The molecule has 0 saturated carbocycles. The number of fused-ring (bicyclic) bond motifs is 1.